The summed E-state index contributed by atoms with van der Waals surface area (Å²) in [4.78, 5) is 12.5. The average Bonchev–Trinajstić information content (AvgIpc) is 2.54. The molecule has 2 rings (SSSR count). The van der Waals surface area contributed by atoms with E-state index in [2.05, 4.69) is 21.2 Å². The van der Waals surface area contributed by atoms with E-state index in [-0.39, 0.29) is 5.91 Å². The summed E-state index contributed by atoms with van der Waals surface area (Å²) >= 11 is 9.40. The van der Waals surface area contributed by atoms with Gasteiger partial charge in [-0.1, -0.05) is 24.6 Å². The molecule has 0 radical (unpaired) electrons. The number of amides is 1. The number of carbonyl (C=O) groups excluding carboxylic acids is 1. The second kappa shape index (κ2) is 8.94. The van der Waals surface area contributed by atoms with E-state index in [9.17, 15) is 4.79 Å². The van der Waals surface area contributed by atoms with Crippen LogP contribution in [0.1, 0.15) is 30.6 Å². The van der Waals surface area contributed by atoms with Crippen LogP contribution in [0.15, 0.2) is 40.9 Å². The fourth-order valence-electron chi connectivity index (χ4n) is 2.08. The quantitative estimate of drug-likeness (QED) is 0.649. The molecule has 1 N–H and O–H groups in total. The second-order valence-corrected chi connectivity index (χ2v) is 6.32. The number of ether oxygens (including phenoxy) is 2. The Morgan fingerprint density at radius 1 is 1.21 bits per heavy atom. The van der Waals surface area contributed by atoms with Crippen LogP contribution < -0.4 is 14.8 Å². The van der Waals surface area contributed by atoms with Crippen LogP contribution in [0.3, 0.4) is 0 Å². The first-order valence-electron chi connectivity index (χ1n) is 7.71. The van der Waals surface area contributed by atoms with Gasteiger partial charge in [0.05, 0.1) is 17.7 Å². The lowest BCUT2D eigenvalue weighted by atomic mass is 10.1. The number of rotatable bonds is 7. The topological polar surface area (TPSA) is 47.6 Å². The van der Waals surface area contributed by atoms with Gasteiger partial charge < -0.3 is 14.8 Å². The van der Waals surface area contributed by atoms with Gasteiger partial charge in [-0.25, -0.2) is 0 Å². The molecule has 0 aromatic heterocycles. The second-order valence-electron chi connectivity index (χ2n) is 5.03. The predicted molar refractivity (Wildman–Crippen MR) is 101 cm³/mol. The minimum absolute atomic E-state index is 0.249. The van der Waals surface area contributed by atoms with Crippen LogP contribution in [-0.2, 0) is 0 Å². The Kier molecular flexibility index (Phi) is 6.94. The molecule has 2 aromatic rings. The van der Waals surface area contributed by atoms with Crippen molar-refractivity contribution in [2.24, 2.45) is 0 Å². The molecule has 1 amide bonds. The van der Waals surface area contributed by atoms with Gasteiger partial charge in [-0.3, -0.25) is 4.79 Å². The third-order valence-electron chi connectivity index (χ3n) is 3.10. The molecule has 0 aliphatic carbocycles. The van der Waals surface area contributed by atoms with Crippen LogP contribution in [0.2, 0.25) is 5.02 Å². The summed E-state index contributed by atoms with van der Waals surface area (Å²) in [5, 5.41) is 3.38. The van der Waals surface area contributed by atoms with Crippen molar-refractivity contribution in [1.82, 2.24) is 0 Å². The minimum Gasteiger partial charge on any atom is -0.490 e. The highest BCUT2D eigenvalue weighted by molar-refractivity contribution is 9.10. The van der Waals surface area contributed by atoms with E-state index in [0.29, 0.717) is 45.5 Å². The summed E-state index contributed by atoms with van der Waals surface area (Å²) in [5.41, 5.74) is 1.10. The van der Waals surface area contributed by atoms with Crippen molar-refractivity contribution in [3.63, 3.8) is 0 Å². The van der Waals surface area contributed by atoms with Gasteiger partial charge >= 0.3 is 0 Å². The smallest absolute Gasteiger partial charge is 0.255 e. The number of halogens is 2. The zero-order valence-electron chi connectivity index (χ0n) is 13.6. The first kappa shape index (κ1) is 18.6. The normalized spacial score (nSPS) is 10.3. The number of benzene rings is 2. The van der Waals surface area contributed by atoms with Crippen LogP contribution in [0, 0.1) is 0 Å². The van der Waals surface area contributed by atoms with Crippen LogP contribution in [0.5, 0.6) is 11.5 Å². The van der Waals surface area contributed by atoms with Crippen LogP contribution >= 0.6 is 27.5 Å². The molecule has 0 unspecified atom stereocenters. The molecule has 0 saturated carbocycles. The monoisotopic (exact) mass is 411 g/mol. The molecule has 0 aliphatic rings. The highest BCUT2D eigenvalue weighted by atomic mass is 79.9. The van der Waals surface area contributed by atoms with Gasteiger partial charge in [-0.05, 0) is 59.6 Å². The van der Waals surface area contributed by atoms with E-state index in [4.69, 9.17) is 21.1 Å². The Hall–Kier alpha value is -1.72. The van der Waals surface area contributed by atoms with Gasteiger partial charge in [0, 0.05) is 16.3 Å². The minimum atomic E-state index is -0.249. The zero-order valence-corrected chi connectivity index (χ0v) is 15.9. The van der Waals surface area contributed by atoms with Crippen molar-refractivity contribution < 1.29 is 14.3 Å². The molecule has 0 fully saturated rings. The summed E-state index contributed by atoms with van der Waals surface area (Å²) in [6.45, 7) is 4.97. The lowest BCUT2D eigenvalue weighted by molar-refractivity contribution is 0.102. The van der Waals surface area contributed by atoms with Crippen molar-refractivity contribution in [3.8, 4) is 11.5 Å². The lowest BCUT2D eigenvalue weighted by Gasteiger charge is -2.15. The van der Waals surface area contributed by atoms with Crippen LogP contribution in [0.25, 0.3) is 0 Å². The number of hydrogen-bond acceptors (Lipinski definition) is 3. The summed E-state index contributed by atoms with van der Waals surface area (Å²) in [6.07, 6.45) is 0.884. The van der Waals surface area contributed by atoms with E-state index < -0.39 is 0 Å². The van der Waals surface area contributed by atoms with E-state index in [1.165, 1.54) is 0 Å². The van der Waals surface area contributed by atoms with E-state index in [1.54, 1.807) is 36.4 Å². The highest BCUT2D eigenvalue weighted by Gasteiger charge is 2.16. The number of nitrogens with one attached hydrogen (secondary N) is 1. The molecule has 128 valence electrons. The number of carbonyl (C=O) groups is 1. The third kappa shape index (κ3) is 4.89. The third-order valence-corrected chi connectivity index (χ3v) is 3.93. The van der Waals surface area contributed by atoms with Crippen molar-refractivity contribution in [1.29, 1.82) is 0 Å². The van der Waals surface area contributed by atoms with Crippen molar-refractivity contribution in [3.05, 3.63) is 51.5 Å². The molecular weight excluding hydrogens is 394 g/mol. The number of hydrogen-bond donors (Lipinski definition) is 1. The molecule has 4 nitrogen and oxygen atoms in total. The molecule has 0 atom stereocenters. The molecule has 0 aliphatic heterocycles. The van der Waals surface area contributed by atoms with Gasteiger partial charge in [-0.15, -0.1) is 0 Å². The van der Waals surface area contributed by atoms with Gasteiger partial charge in [0.15, 0.2) is 11.5 Å². The van der Waals surface area contributed by atoms with Gasteiger partial charge in [0.2, 0.25) is 0 Å². The fraction of sp³-hybridized carbons (Fsp3) is 0.278. The van der Waals surface area contributed by atoms with E-state index >= 15 is 0 Å². The standard InChI is InChI=1S/C18H19BrClNO3/c1-3-8-24-17-15(19)9-12(10-16(17)23-4-2)18(22)21-14-7-5-6-13(20)11-14/h5-7,9-11H,3-4,8H2,1-2H3,(H,21,22). The van der Waals surface area contributed by atoms with E-state index in [1.807, 2.05) is 13.8 Å². The van der Waals surface area contributed by atoms with Crippen LogP contribution in [-0.4, -0.2) is 19.1 Å². The first-order valence-corrected chi connectivity index (χ1v) is 8.88. The molecule has 0 spiro atoms. The lowest BCUT2D eigenvalue weighted by Crippen LogP contribution is -2.12. The predicted octanol–water partition coefficient (Wildman–Crippen LogP) is 5.54. The Morgan fingerprint density at radius 3 is 2.67 bits per heavy atom. The largest absolute Gasteiger partial charge is 0.490 e. The highest BCUT2D eigenvalue weighted by Crippen LogP contribution is 2.37. The SMILES string of the molecule is CCCOc1c(Br)cc(C(=O)Nc2cccc(Cl)c2)cc1OCC. The molecule has 0 heterocycles. The summed E-state index contributed by atoms with van der Waals surface area (Å²) in [5.74, 6) is 0.899. The van der Waals surface area contributed by atoms with Crippen molar-refractivity contribution in [2.75, 3.05) is 18.5 Å². The summed E-state index contributed by atoms with van der Waals surface area (Å²) < 4.78 is 12.0. The average molecular weight is 413 g/mol. The molecular formula is C18H19BrClNO3. The van der Waals surface area contributed by atoms with Gasteiger partial charge in [-0.2, -0.15) is 0 Å². The maximum atomic E-state index is 12.5. The van der Waals surface area contributed by atoms with Gasteiger partial charge in [0.1, 0.15) is 0 Å². The van der Waals surface area contributed by atoms with Crippen molar-refractivity contribution in [2.45, 2.75) is 20.3 Å². The Balaban J connectivity index is 2.27. The Bertz CT molecular complexity index is 721. The summed E-state index contributed by atoms with van der Waals surface area (Å²) in [6, 6.07) is 10.4. The van der Waals surface area contributed by atoms with Crippen molar-refractivity contribution >= 4 is 39.1 Å². The van der Waals surface area contributed by atoms with Crippen LogP contribution in [0.4, 0.5) is 5.69 Å². The maximum Gasteiger partial charge on any atom is 0.255 e. The summed E-state index contributed by atoms with van der Waals surface area (Å²) in [7, 11) is 0. The van der Waals surface area contributed by atoms with Gasteiger partial charge in [0.25, 0.3) is 5.91 Å². The fourth-order valence-corrected chi connectivity index (χ4v) is 2.82. The molecule has 6 heteroatoms. The number of anilines is 1. The Labute approximate surface area is 155 Å². The molecule has 0 bridgehead atoms. The first-order chi connectivity index (χ1) is 11.5. The van der Waals surface area contributed by atoms with E-state index in [0.717, 1.165) is 6.42 Å². The Morgan fingerprint density at radius 2 is 2.00 bits per heavy atom. The molecule has 24 heavy (non-hydrogen) atoms. The molecule has 0 saturated heterocycles. The maximum absolute atomic E-state index is 12.5. The zero-order chi connectivity index (χ0) is 17.5. The molecule has 2 aromatic carbocycles.